The number of carboxylic acids is 1. The second-order valence-corrected chi connectivity index (χ2v) is 6.89. The Labute approximate surface area is 163 Å². The Bertz CT molecular complexity index is 843. The van der Waals surface area contributed by atoms with E-state index in [1.54, 1.807) is 18.7 Å². The van der Waals surface area contributed by atoms with Gasteiger partial charge >= 0.3 is 5.97 Å². The molecular formula is C19H25N5O4. The van der Waals surface area contributed by atoms with Gasteiger partial charge in [-0.05, 0) is 50.6 Å². The highest BCUT2D eigenvalue weighted by Crippen LogP contribution is 2.26. The van der Waals surface area contributed by atoms with Gasteiger partial charge in [0.15, 0.2) is 5.69 Å². The molecule has 1 aromatic heterocycles. The van der Waals surface area contributed by atoms with Gasteiger partial charge in [0.2, 0.25) is 0 Å². The van der Waals surface area contributed by atoms with E-state index in [0.29, 0.717) is 12.2 Å². The number of methoxy groups -OCH3 is 1. The van der Waals surface area contributed by atoms with Crippen molar-refractivity contribution in [2.75, 3.05) is 20.2 Å². The zero-order valence-corrected chi connectivity index (χ0v) is 16.3. The van der Waals surface area contributed by atoms with Crippen LogP contribution in [0.5, 0.6) is 5.75 Å². The van der Waals surface area contributed by atoms with Crippen molar-refractivity contribution in [3.05, 3.63) is 35.7 Å². The number of carbonyl (C=O) groups excluding carboxylic acids is 1. The zero-order valence-electron chi connectivity index (χ0n) is 16.3. The fourth-order valence-electron chi connectivity index (χ4n) is 3.44. The number of aliphatic carboxylic acids is 1. The number of nitrogens with zero attached hydrogens (tertiary/aromatic N) is 4. The Morgan fingerprint density at radius 3 is 2.57 bits per heavy atom. The van der Waals surface area contributed by atoms with Crippen molar-refractivity contribution in [2.24, 2.45) is 0 Å². The van der Waals surface area contributed by atoms with E-state index in [1.807, 2.05) is 36.1 Å². The highest BCUT2D eigenvalue weighted by Gasteiger charge is 2.35. The number of nitrogens with one attached hydrogen (secondary N) is 1. The van der Waals surface area contributed by atoms with E-state index < -0.39 is 5.97 Å². The lowest BCUT2D eigenvalue weighted by molar-refractivity contribution is -0.139. The van der Waals surface area contributed by atoms with Crippen molar-refractivity contribution >= 4 is 11.9 Å². The largest absolute Gasteiger partial charge is 0.497 e. The molecule has 1 aromatic carbocycles. The number of carbonyl (C=O) groups is 2. The van der Waals surface area contributed by atoms with E-state index in [2.05, 4.69) is 15.6 Å². The SMILES string of the molecule is CCN(CC(=O)O)C1CC(NC(=O)c2nnn(-c3ccc(OC)cc3)c2C)C1. The quantitative estimate of drug-likeness (QED) is 0.701. The summed E-state index contributed by atoms with van der Waals surface area (Å²) in [6.07, 6.45) is 1.47. The molecule has 1 aliphatic rings. The van der Waals surface area contributed by atoms with E-state index in [0.717, 1.165) is 24.3 Å². The van der Waals surface area contributed by atoms with Crippen LogP contribution >= 0.6 is 0 Å². The molecule has 1 amide bonds. The summed E-state index contributed by atoms with van der Waals surface area (Å²) in [6, 6.07) is 7.54. The van der Waals surface area contributed by atoms with Gasteiger partial charge in [-0.15, -0.1) is 5.10 Å². The second kappa shape index (κ2) is 8.39. The van der Waals surface area contributed by atoms with Gasteiger partial charge < -0.3 is 15.2 Å². The van der Waals surface area contributed by atoms with Crippen molar-refractivity contribution in [1.82, 2.24) is 25.2 Å². The van der Waals surface area contributed by atoms with Crippen molar-refractivity contribution in [2.45, 2.75) is 38.8 Å². The van der Waals surface area contributed by atoms with Crippen LogP contribution in [0.4, 0.5) is 0 Å². The minimum Gasteiger partial charge on any atom is -0.497 e. The predicted molar refractivity (Wildman–Crippen MR) is 102 cm³/mol. The molecule has 1 fully saturated rings. The normalized spacial score (nSPS) is 18.6. The van der Waals surface area contributed by atoms with Crippen molar-refractivity contribution in [3.63, 3.8) is 0 Å². The highest BCUT2D eigenvalue weighted by molar-refractivity contribution is 5.93. The van der Waals surface area contributed by atoms with E-state index >= 15 is 0 Å². The molecule has 1 saturated carbocycles. The third-order valence-electron chi connectivity index (χ3n) is 5.14. The number of likely N-dealkylation sites (N-methyl/N-ethyl adjacent to an activating group) is 1. The average Bonchev–Trinajstić information content (AvgIpc) is 3.04. The number of ether oxygens (including phenoxy) is 1. The summed E-state index contributed by atoms with van der Waals surface area (Å²) in [4.78, 5) is 25.4. The summed E-state index contributed by atoms with van der Waals surface area (Å²) in [5.74, 6) is -0.356. The lowest BCUT2D eigenvalue weighted by Crippen LogP contribution is -2.54. The number of rotatable bonds is 8. The summed E-state index contributed by atoms with van der Waals surface area (Å²) >= 11 is 0. The maximum Gasteiger partial charge on any atom is 0.317 e. The van der Waals surface area contributed by atoms with E-state index in [9.17, 15) is 9.59 Å². The molecule has 28 heavy (non-hydrogen) atoms. The lowest BCUT2D eigenvalue weighted by atomic mass is 9.85. The third-order valence-corrected chi connectivity index (χ3v) is 5.14. The van der Waals surface area contributed by atoms with Crippen LogP contribution in [0.25, 0.3) is 5.69 Å². The molecular weight excluding hydrogens is 362 g/mol. The van der Waals surface area contributed by atoms with Crippen LogP contribution in [-0.2, 0) is 4.79 Å². The summed E-state index contributed by atoms with van der Waals surface area (Å²) in [5.41, 5.74) is 1.73. The number of hydrogen-bond acceptors (Lipinski definition) is 6. The van der Waals surface area contributed by atoms with Crippen LogP contribution in [0.15, 0.2) is 24.3 Å². The third kappa shape index (κ3) is 4.14. The van der Waals surface area contributed by atoms with Gasteiger partial charge in [-0.1, -0.05) is 12.1 Å². The Morgan fingerprint density at radius 1 is 1.32 bits per heavy atom. The first-order chi connectivity index (χ1) is 13.4. The Balaban J connectivity index is 1.60. The fourth-order valence-corrected chi connectivity index (χ4v) is 3.44. The van der Waals surface area contributed by atoms with Crippen LogP contribution in [0.2, 0.25) is 0 Å². The molecule has 0 saturated heterocycles. The second-order valence-electron chi connectivity index (χ2n) is 6.89. The summed E-state index contributed by atoms with van der Waals surface area (Å²) < 4.78 is 6.77. The smallest absolute Gasteiger partial charge is 0.317 e. The molecule has 2 aromatic rings. The minimum atomic E-state index is -0.833. The van der Waals surface area contributed by atoms with Crippen LogP contribution in [0.1, 0.15) is 35.9 Å². The van der Waals surface area contributed by atoms with Gasteiger partial charge in [-0.2, -0.15) is 0 Å². The van der Waals surface area contributed by atoms with E-state index in [-0.39, 0.29) is 30.2 Å². The molecule has 0 aliphatic heterocycles. The van der Waals surface area contributed by atoms with Gasteiger partial charge in [0.25, 0.3) is 5.91 Å². The number of aromatic nitrogens is 3. The van der Waals surface area contributed by atoms with Crippen molar-refractivity contribution in [1.29, 1.82) is 0 Å². The molecule has 0 radical (unpaired) electrons. The molecule has 9 heteroatoms. The monoisotopic (exact) mass is 387 g/mol. The molecule has 0 unspecified atom stereocenters. The topological polar surface area (TPSA) is 110 Å². The van der Waals surface area contributed by atoms with Crippen molar-refractivity contribution < 1.29 is 19.4 Å². The van der Waals surface area contributed by atoms with E-state index in [4.69, 9.17) is 9.84 Å². The predicted octanol–water partition coefficient (Wildman–Crippen LogP) is 1.25. The molecule has 9 nitrogen and oxygen atoms in total. The van der Waals surface area contributed by atoms with Gasteiger partial charge in [0, 0.05) is 12.1 Å². The molecule has 0 spiro atoms. The average molecular weight is 387 g/mol. The number of amides is 1. The Morgan fingerprint density at radius 2 is 2.00 bits per heavy atom. The molecule has 0 bridgehead atoms. The molecule has 150 valence electrons. The number of hydrogen-bond donors (Lipinski definition) is 2. The number of benzene rings is 1. The molecule has 0 atom stereocenters. The Hall–Kier alpha value is -2.94. The van der Waals surface area contributed by atoms with Crippen LogP contribution in [-0.4, -0.2) is 69.2 Å². The summed E-state index contributed by atoms with van der Waals surface area (Å²) in [7, 11) is 1.60. The minimum absolute atomic E-state index is 0.0193. The molecule has 3 rings (SSSR count). The summed E-state index contributed by atoms with van der Waals surface area (Å²) in [5, 5.41) is 20.1. The summed E-state index contributed by atoms with van der Waals surface area (Å²) in [6.45, 7) is 4.44. The molecule has 1 aliphatic carbocycles. The van der Waals surface area contributed by atoms with Crippen molar-refractivity contribution in [3.8, 4) is 11.4 Å². The first kappa shape index (κ1) is 19.8. The van der Waals surface area contributed by atoms with Gasteiger partial charge in [0.1, 0.15) is 5.75 Å². The van der Waals surface area contributed by atoms with Gasteiger partial charge in [0.05, 0.1) is 25.0 Å². The maximum absolute atomic E-state index is 12.6. The number of carboxylic acid groups (broad SMARTS) is 1. The first-order valence-electron chi connectivity index (χ1n) is 9.26. The maximum atomic E-state index is 12.6. The van der Waals surface area contributed by atoms with Crippen LogP contribution < -0.4 is 10.1 Å². The standard InChI is InChI=1S/C19H25N5O4/c1-4-23(11-17(25)26)15-9-13(10-15)20-19(27)18-12(2)24(22-21-18)14-5-7-16(28-3)8-6-14/h5-8,13,15H,4,9-11H2,1-3H3,(H,20,27)(H,25,26). The van der Waals surface area contributed by atoms with Crippen LogP contribution in [0.3, 0.4) is 0 Å². The highest BCUT2D eigenvalue weighted by atomic mass is 16.5. The van der Waals surface area contributed by atoms with Crippen LogP contribution in [0, 0.1) is 6.92 Å². The van der Waals surface area contributed by atoms with Gasteiger partial charge in [-0.25, -0.2) is 4.68 Å². The molecule has 1 heterocycles. The fraction of sp³-hybridized carbons (Fsp3) is 0.474. The zero-order chi connectivity index (χ0) is 20.3. The van der Waals surface area contributed by atoms with E-state index in [1.165, 1.54) is 0 Å². The first-order valence-corrected chi connectivity index (χ1v) is 9.26. The van der Waals surface area contributed by atoms with Gasteiger partial charge in [-0.3, -0.25) is 14.5 Å². The Kier molecular flexibility index (Phi) is 5.93. The molecule has 2 N–H and O–H groups in total. The lowest BCUT2D eigenvalue weighted by Gasteiger charge is -2.42.